The highest BCUT2D eigenvalue weighted by Gasteiger charge is 2.21. The number of pyridine rings is 1. The highest BCUT2D eigenvalue weighted by atomic mass is 16.5. The normalized spacial score (nSPS) is 13.7. The average molecular weight is 394 g/mol. The van der Waals surface area contributed by atoms with Crippen LogP contribution in [0.5, 0.6) is 11.5 Å². The van der Waals surface area contributed by atoms with Gasteiger partial charge in [0.25, 0.3) is 5.91 Å². The Bertz CT molecular complexity index is 1090. The Morgan fingerprint density at radius 3 is 2.55 bits per heavy atom. The summed E-state index contributed by atoms with van der Waals surface area (Å²) in [5.74, 6) is 2.01. The van der Waals surface area contributed by atoms with E-state index in [9.17, 15) is 4.79 Å². The second-order valence-corrected chi connectivity index (χ2v) is 7.45. The molecule has 1 aliphatic heterocycles. The SMILES string of the molecule is COc1cc(C)c(NC(=O)c2cc(C)nc3c2nc2n3CCCCC2)cc1OC. The molecule has 2 aromatic heterocycles. The Balaban J connectivity index is 1.74. The Hall–Kier alpha value is -3.09. The molecule has 1 aliphatic rings. The van der Waals surface area contributed by atoms with E-state index in [2.05, 4.69) is 9.88 Å². The van der Waals surface area contributed by atoms with E-state index in [1.165, 1.54) is 6.42 Å². The zero-order valence-electron chi connectivity index (χ0n) is 17.3. The van der Waals surface area contributed by atoms with Crippen LogP contribution in [-0.2, 0) is 13.0 Å². The van der Waals surface area contributed by atoms with Crippen molar-refractivity contribution >= 4 is 22.8 Å². The van der Waals surface area contributed by atoms with Crippen LogP contribution in [0.25, 0.3) is 11.2 Å². The molecule has 0 bridgehead atoms. The number of amides is 1. The van der Waals surface area contributed by atoms with Crippen molar-refractivity contribution in [3.05, 3.63) is 40.8 Å². The van der Waals surface area contributed by atoms with Crippen LogP contribution in [0, 0.1) is 13.8 Å². The maximum atomic E-state index is 13.2. The number of hydrogen-bond donors (Lipinski definition) is 1. The fraction of sp³-hybridized carbons (Fsp3) is 0.409. The van der Waals surface area contributed by atoms with Crippen molar-refractivity contribution in [1.82, 2.24) is 14.5 Å². The lowest BCUT2D eigenvalue weighted by molar-refractivity contribution is 0.102. The van der Waals surface area contributed by atoms with Gasteiger partial charge in [-0.3, -0.25) is 4.79 Å². The molecular weight excluding hydrogens is 368 g/mol. The number of nitrogens with one attached hydrogen (secondary N) is 1. The molecule has 0 atom stereocenters. The third-order valence-electron chi connectivity index (χ3n) is 5.42. The number of ether oxygens (including phenoxy) is 2. The van der Waals surface area contributed by atoms with Crippen molar-refractivity contribution in [2.45, 2.75) is 46.1 Å². The Labute approximate surface area is 170 Å². The van der Waals surface area contributed by atoms with E-state index in [-0.39, 0.29) is 5.91 Å². The van der Waals surface area contributed by atoms with E-state index >= 15 is 0 Å². The van der Waals surface area contributed by atoms with Crippen LogP contribution in [0.4, 0.5) is 5.69 Å². The lowest BCUT2D eigenvalue weighted by Gasteiger charge is -2.14. The number of fused-ring (bicyclic) bond motifs is 3. The van der Waals surface area contributed by atoms with Gasteiger partial charge in [-0.25, -0.2) is 9.97 Å². The Morgan fingerprint density at radius 1 is 1.03 bits per heavy atom. The number of imidazole rings is 1. The minimum atomic E-state index is -0.205. The summed E-state index contributed by atoms with van der Waals surface area (Å²) in [5, 5.41) is 3.01. The largest absolute Gasteiger partial charge is 0.493 e. The van der Waals surface area contributed by atoms with E-state index in [4.69, 9.17) is 19.4 Å². The van der Waals surface area contributed by atoms with Crippen LogP contribution in [0.2, 0.25) is 0 Å². The highest BCUT2D eigenvalue weighted by Crippen LogP contribution is 2.33. The fourth-order valence-electron chi connectivity index (χ4n) is 3.89. The number of carbonyl (C=O) groups is 1. The molecule has 152 valence electrons. The van der Waals surface area contributed by atoms with Crippen molar-refractivity contribution < 1.29 is 14.3 Å². The molecule has 29 heavy (non-hydrogen) atoms. The molecule has 0 radical (unpaired) electrons. The molecule has 3 heterocycles. The van der Waals surface area contributed by atoms with Gasteiger partial charge >= 0.3 is 0 Å². The first-order valence-corrected chi connectivity index (χ1v) is 9.92. The van der Waals surface area contributed by atoms with Crippen LogP contribution < -0.4 is 14.8 Å². The molecule has 7 heteroatoms. The molecule has 0 spiro atoms. The van der Waals surface area contributed by atoms with Gasteiger partial charge in [-0.2, -0.15) is 0 Å². The third kappa shape index (κ3) is 3.52. The number of rotatable bonds is 4. The minimum Gasteiger partial charge on any atom is -0.493 e. The van der Waals surface area contributed by atoms with Crippen molar-refractivity contribution in [1.29, 1.82) is 0 Å². The molecule has 0 saturated heterocycles. The zero-order chi connectivity index (χ0) is 20.5. The van der Waals surface area contributed by atoms with Gasteiger partial charge < -0.3 is 19.4 Å². The summed E-state index contributed by atoms with van der Waals surface area (Å²) in [6.07, 6.45) is 4.35. The van der Waals surface area contributed by atoms with Gasteiger partial charge in [0, 0.05) is 30.4 Å². The minimum absolute atomic E-state index is 0.205. The maximum Gasteiger partial charge on any atom is 0.258 e. The molecule has 1 N–H and O–H groups in total. The predicted molar refractivity (Wildman–Crippen MR) is 112 cm³/mol. The molecule has 0 fully saturated rings. The van der Waals surface area contributed by atoms with Gasteiger partial charge in [0.1, 0.15) is 11.3 Å². The molecule has 0 aliphatic carbocycles. The topological polar surface area (TPSA) is 78.3 Å². The molecular formula is C22H26N4O3. The number of nitrogens with zero attached hydrogens (tertiary/aromatic N) is 3. The van der Waals surface area contributed by atoms with Gasteiger partial charge in [0.2, 0.25) is 0 Å². The van der Waals surface area contributed by atoms with Crippen LogP contribution >= 0.6 is 0 Å². The summed E-state index contributed by atoms with van der Waals surface area (Å²) in [7, 11) is 3.17. The second-order valence-electron chi connectivity index (χ2n) is 7.45. The highest BCUT2D eigenvalue weighted by molar-refractivity contribution is 6.11. The number of methoxy groups -OCH3 is 2. The van der Waals surface area contributed by atoms with Crippen LogP contribution in [0.15, 0.2) is 18.2 Å². The Morgan fingerprint density at radius 2 is 1.79 bits per heavy atom. The number of aromatic nitrogens is 3. The van der Waals surface area contributed by atoms with Gasteiger partial charge in [-0.1, -0.05) is 6.42 Å². The smallest absolute Gasteiger partial charge is 0.258 e. The number of benzene rings is 1. The lowest BCUT2D eigenvalue weighted by atomic mass is 10.1. The quantitative estimate of drug-likeness (QED) is 0.722. The number of anilines is 1. The van der Waals surface area contributed by atoms with Crippen molar-refractivity contribution in [3.63, 3.8) is 0 Å². The van der Waals surface area contributed by atoms with E-state index in [0.29, 0.717) is 28.3 Å². The molecule has 0 unspecified atom stereocenters. The number of hydrogen-bond acceptors (Lipinski definition) is 5. The first-order valence-electron chi connectivity index (χ1n) is 9.92. The second kappa shape index (κ2) is 7.73. The summed E-state index contributed by atoms with van der Waals surface area (Å²) in [4.78, 5) is 22.7. The van der Waals surface area contributed by atoms with Gasteiger partial charge in [-0.15, -0.1) is 0 Å². The molecule has 4 rings (SSSR count). The van der Waals surface area contributed by atoms with Gasteiger partial charge in [0.05, 0.1) is 19.8 Å². The summed E-state index contributed by atoms with van der Waals surface area (Å²) >= 11 is 0. The van der Waals surface area contributed by atoms with Crippen LogP contribution in [0.3, 0.4) is 0 Å². The first kappa shape index (κ1) is 19.2. The maximum absolute atomic E-state index is 13.2. The van der Waals surface area contributed by atoms with E-state index in [1.807, 2.05) is 19.9 Å². The summed E-state index contributed by atoms with van der Waals surface area (Å²) < 4.78 is 12.9. The van der Waals surface area contributed by atoms with Crippen molar-refractivity contribution in [2.24, 2.45) is 0 Å². The summed E-state index contributed by atoms with van der Waals surface area (Å²) in [6, 6.07) is 5.43. The molecule has 3 aromatic rings. The van der Waals surface area contributed by atoms with Gasteiger partial charge in [-0.05, 0) is 44.4 Å². The van der Waals surface area contributed by atoms with Crippen molar-refractivity contribution in [2.75, 3.05) is 19.5 Å². The zero-order valence-corrected chi connectivity index (χ0v) is 17.3. The Kier molecular flexibility index (Phi) is 5.13. The van der Waals surface area contributed by atoms with E-state index in [1.54, 1.807) is 26.4 Å². The summed E-state index contributed by atoms with van der Waals surface area (Å²) in [6.45, 7) is 4.73. The predicted octanol–water partition coefficient (Wildman–Crippen LogP) is 4.04. The molecule has 7 nitrogen and oxygen atoms in total. The number of carbonyl (C=O) groups excluding carboxylic acids is 1. The monoisotopic (exact) mass is 394 g/mol. The molecule has 0 saturated carbocycles. The fourth-order valence-corrected chi connectivity index (χ4v) is 3.89. The molecule has 1 aromatic carbocycles. The van der Waals surface area contributed by atoms with E-state index in [0.717, 1.165) is 48.5 Å². The van der Waals surface area contributed by atoms with E-state index < -0.39 is 0 Å². The van der Waals surface area contributed by atoms with Crippen molar-refractivity contribution in [3.8, 4) is 11.5 Å². The summed E-state index contributed by atoms with van der Waals surface area (Å²) in [5.41, 5.74) is 4.38. The average Bonchev–Trinajstić information content (AvgIpc) is 2.89. The first-order chi connectivity index (χ1) is 14.0. The van der Waals surface area contributed by atoms with Crippen LogP contribution in [-0.4, -0.2) is 34.7 Å². The third-order valence-corrected chi connectivity index (χ3v) is 5.42. The van der Waals surface area contributed by atoms with Crippen LogP contribution in [0.1, 0.15) is 46.7 Å². The van der Waals surface area contributed by atoms with Gasteiger partial charge in [0.15, 0.2) is 17.1 Å². The standard InChI is InChI=1S/C22H26N4O3/c1-13-10-17(28-3)18(29-4)12-16(13)24-22(27)15-11-14(2)23-21-20(15)25-19-8-6-5-7-9-26(19)21/h10-12H,5-9H2,1-4H3,(H,24,27). The molecule has 1 amide bonds. The lowest BCUT2D eigenvalue weighted by Crippen LogP contribution is -2.14. The number of aryl methyl sites for hydroxylation is 4.